The standard InChI is InChI=1S/C16H28N4O2/c1-12-6-4-5-7-15(12)22-9-8-17-16(21)19-13(2)14-10-18-20(3)11-14/h10-13,15H,4-9H2,1-3H3,(H2,17,19,21)/t12-,13-,15-/m0/s1. The quantitative estimate of drug-likeness (QED) is 0.793. The van der Waals surface area contributed by atoms with Gasteiger partial charge in [-0.1, -0.05) is 19.8 Å². The number of amides is 2. The minimum absolute atomic E-state index is 0.0621. The first kappa shape index (κ1) is 16.8. The van der Waals surface area contributed by atoms with Gasteiger partial charge in [-0.05, 0) is 25.7 Å². The van der Waals surface area contributed by atoms with Gasteiger partial charge in [-0.2, -0.15) is 5.10 Å². The minimum atomic E-state index is -0.170. The Kier molecular flexibility index (Phi) is 6.24. The van der Waals surface area contributed by atoms with Crippen molar-refractivity contribution < 1.29 is 9.53 Å². The molecule has 1 aromatic heterocycles. The van der Waals surface area contributed by atoms with Gasteiger partial charge in [0, 0.05) is 25.4 Å². The average Bonchev–Trinajstić information content (AvgIpc) is 2.92. The van der Waals surface area contributed by atoms with E-state index < -0.39 is 0 Å². The number of aromatic nitrogens is 2. The number of ether oxygens (including phenoxy) is 1. The summed E-state index contributed by atoms with van der Waals surface area (Å²) in [5.41, 5.74) is 0.991. The van der Waals surface area contributed by atoms with Gasteiger partial charge in [0.15, 0.2) is 0 Å². The van der Waals surface area contributed by atoms with E-state index in [1.807, 2.05) is 20.2 Å². The monoisotopic (exact) mass is 308 g/mol. The van der Waals surface area contributed by atoms with Crippen LogP contribution in [-0.2, 0) is 11.8 Å². The fourth-order valence-corrected chi connectivity index (χ4v) is 2.90. The largest absolute Gasteiger partial charge is 0.376 e. The van der Waals surface area contributed by atoms with Gasteiger partial charge in [-0.3, -0.25) is 4.68 Å². The molecule has 0 aliphatic heterocycles. The van der Waals surface area contributed by atoms with Gasteiger partial charge in [-0.15, -0.1) is 0 Å². The number of hydrogen-bond donors (Lipinski definition) is 2. The van der Waals surface area contributed by atoms with E-state index in [-0.39, 0.29) is 12.1 Å². The fraction of sp³-hybridized carbons (Fsp3) is 0.750. The van der Waals surface area contributed by atoms with E-state index in [9.17, 15) is 4.79 Å². The van der Waals surface area contributed by atoms with E-state index >= 15 is 0 Å². The summed E-state index contributed by atoms with van der Waals surface area (Å²) in [6, 6.07) is -0.232. The second kappa shape index (κ2) is 8.17. The topological polar surface area (TPSA) is 68.2 Å². The van der Waals surface area contributed by atoms with Crippen LogP contribution < -0.4 is 10.6 Å². The van der Waals surface area contributed by atoms with E-state index in [2.05, 4.69) is 22.7 Å². The summed E-state index contributed by atoms with van der Waals surface area (Å²) in [6.07, 6.45) is 8.98. The molecule has 1 aromatic rings. The molecule has 6 nitrogen and oxygen atoms in total. The number of aryl methyl sites for hydroxylation is 1. The Labute approximate surface area is 132 Å². The predicted octanol–water partition coefficient (Wildman–Crippen LogP) is 2.38. The molecule has 0 saturated heterocycles. The molecular weight excluding hydrogens is 280 g/mol. The SMILES string of the molecule is C[C@H](NC(=O)NCCO[C@H]1CCCC[C@@H]1C)c1cnn(C)c1. The molecule has 0 bridgehead atoms. The molecule has 124 valence electrons. The van der Waals surface area contributed by atoms with Gasteiger partial charge in [0.25, 0.3) is 0 Å². The molecule has 0 unspecified atom stereocenters. The van der Waals surface area contributed by atoms with Crippen molar-refractivity contribution in [3.63, 3.8) is 0 Å². The predicted molar refractivity (Wildman–Crippen MR) is 85.5 cm³/mol. The Morgan fingerprint density at radius 3 is 2.95 bits per heavy atom. The zero-order valence-corrected chi connectivity index (χ0v) is 13.8. The van der Waals surface area contributed by atoms with Crippen molar-refractivity contribution in [2.24, 2.45) is 13.0 Å². The lowest BCUT2D eigenvalue weighted by Crippen LogP contribution is -2.39. The highest BCUT2D eigenvalue weighted by molar-refractivity contribution is 5.74. The van der Waals surface area contributed by atoms with Crippen molar-refractivity contribution >= 4 is 6.03 Å². The molecule has 0 aromatic carbocycles. The number of carbonyl (C=O) groups excluding carboxylic acids is 1. The number of rotatable bonds is 6. The summed E-state index contributed by atoms with van der Waals surface area (Å²) in [5, 5.41) is 9.84. The third kappa shape index (κ3) is 5.02. The van der Waals surface area contributed by atoms with Gasteiger partial charge < -0.3 is 15.4 Å². The van der Waals surface area contributed by atoms with Gasteiger partial charge in [0.2, 0.25) is 0 Å². The van der Waals surface area contributed by atoms with E-state index in [4.69, 9.17) is 4.74 Å². The van der Waals surface area contributed by atoms with Crippen LogP contribution in [0.5, 0.6) is 0 Å². The molecule has 0 spiro atoms. The third-order valence-electron chi connectivity index (χ3n) is 4.32. The van der Waals surface area contributed by atoms with Crippen molar-refractivity contribution in [3.05, 3.63) is 18.0 Å². The first-order valence-corrected chi connectivity index (χ1v) is 8.20. The molecule has 2 rings (SSSR count). The van der Waals surface area contributed by atoms with Crippen LogP contribution in [0.4, 0.5) is 4.79 Å². The van der Waals surface area contributed by atoms with E-state index in [0.717, 1.165) is 12.0 Å². The lowest BCUT2D eigenvalue weighted by Gasteiger charge is -2.28. The number of nitrogens with one attached hydrogen (secondary N) is 2. The maximum Gasteiger partial charge on any atom is 0.315 e. The van der Waals surface area contributed by atoms with Gasteiger partial charge in [0.1, 0.15) is 0 Å². The van der Waals surface area contributed by atoms with Crippen molar-refractivity contribution in [2.45, 2.75) is 51.7 Å². The molecule has 3 atom stereocenters. The molecule has 2 amide bonds. The molecule has 0 radical (unpaired) electrons. The summed E-state index contributed by atoms with van der Waals surface area (Å²) in [6.45, 7) is 5.30. The lowest BCUT2D eigenvalue weighted by molar-refractivity contribution is -0.00244. The summed E-state index contributed by atoms with van der Waals surface area (Å²) >= 11 is 0. The van der Waals surface area contributed by atoms with Gasteiger partial charge in [0.05, 0.1) is 24.9 Å². The van der Waals surface area contributed by atoms with E-state index in [1.165, 1.54) is 19.3 Å². The van der Waals surface area contributed by atoms with Crippen LogP contribution in [0, 0.1) is 5.92 Å². The first-order chi connectivity index (χ1) is 10.6. The second-order valence-corrected chi connectivity index (χ2v) is 6.24. The van der Waals surface area contributed by atoms with Crippen molar-refractivity contribution in [1.82, 2.24) is 20.4 Å². The Morgan fingerprint density at radius 2 is 2.27 bits per heavy atom. The molecule has 1 saturated carbocycles. The summed E-state index contributed by atoms with van der Waals surface area (Å²) < 4.78 is 7.61. The highest BCUT2D eigenvalue weighted by Crippen LogP contribution is 2.25. The molecule has 1 fully saturated rings. The molecule has 6 heteroatoms. The summed E-state index contributed by atoms with van der Waals surface area (Å²) in [5.74, 6) is 0.633. The second-order valence-electron chi connectivity index (χ2n) is 6.24. The van der Waals surface area contributed by atoms with Crippen LogP contribution in [0.2, 0.25) is 0 Å². The van der Waals surface area contributed by atoms with Crippen LogP contribution in [0.3, 0.4) is 0 Å². The molecule has 2 N–H and O–H groups in total. The number of nitrogens with zero attached hydrogens (tertiary/aromatic N) is 2. The molecular formula is C16H28N4O2. The maximum absolute atomic E-state index is 11.8. The molecule has 1 aliphatic carbocycles. The Bertz CT molecular complexity index is 474. The lowest BCUT2D eigenvalue weighted by atomic mass is 9.88. The van der Waals surface area contributed by atoms with Crippen LogP contribution >= 0.6 is 0 Å². The van der Waals surface area contributed by atoms with Crippen molar-refractivity contribution in [3.8, 4) is 0 Å². The highest BCUT2D eigenvalue weighted by atomic mass is 16.5. The number of urea groups is 1. The Hall–Kier alpha value is -1.56. The maximum atomic E-state index is 11.8. The van der Waals surface area contributed by atoms with Gasteiger partial charge >= 0.3 is 6.03 Å². The first-order valence-electron chi connectivity index (χ1n) is 8.20. The third-order valence-corrected chi connectivity index (χ3v) is 4.32. The average molecular weight is 308 g/mol. The van der Waals surface area contributed by atoms with Crippen molar-refractivity contribution in [2.75, 3.05) is 13.2 Å². The van der Waals surface area contributed by atoms with Crippen LogP contribution in [0.1, 0.15) is 51.1 Å². The smallest absolute Gasteiger partial charge is 0.315 e. The molecule has 1 heterocycles. The zero-order chi connectivity index (χ0) is 15.9. The molecule has 22 heavy (non-hydrogen) atoms. The number of hydrogen-bond acceptors (Lipinski definition) is 3. The van der Waals surface area contributed by atoms with Crippen LogP contribution in [0.25, 0.3) is 0 Å². The Balaban J connectivity index is 1.61. The number of carbonyl (C=O) groups is 1. The van der Waals surface area contributed by atoms with E-state index in [1.54, 1.807) is 10.9 Å². The normalized spacial score (nSPS) is 23.0. The zero-order valence-electron chi connectivity index (χ0n) is 13.8. The van der Waals surface area contributed by atoms with Gasteiger partial charge in [-0.25, -0.2) is 4.79 Å². The Morgan fingerprint density at radius 1 is 1.50 bits per heavy atom. The minimum Gasteiger partial charge on any atom is -0.376 e. The van der Waals surface area contributed by atoms with Crippen molar-refractivity contribution in [1.29, 1.82) is 0 Å². The molecule has 1 aliphatic rings. The summed E-state index contributed by atoms with van der Waals surface area (Å²) in [4.78, 5) is 11.8. The summed E-state index contributed by atoms with van der Waals surface area (Å²) in [7, 11) is 1.86. The van der Waals surface area contributed by atoms with E-state index in [0.29, 0.717) is 25.2 Å². The van der Waals surface area contributed by atoms with Crippen LogP contribution in [-0.4, -0.2) is 35.1 Å². The van der Waals surface area contributed by atoms with Crippen LogP contribution in [0.15, 0.2) is 12.4 Å². The highest BCUT2D eigenvalue weighted by Gasteiger charge is 2.21. The fourth-order valence-electron chi connectivity index (χ4n) is 2.90.